The van der Waals surface area contributed by atoms with Crippen LogP contribution in [0.5, 0.6) is 0 Å². The molecule has 3 aromatic rings. The molecule has 27 heavy (non-hydrogen) atoms. The Kier molecular flexibility index (Phi) is 4.27. The van der Waals surface area contributed by atoms with Crippen LogP contribution in [0.2, 0.25) is 0 Å². The topological polar surface area (TPSA) is 66.9 Å². The zero-order valence-corrected chi connectivity index (χ0v) is 14.5. The van der Waals surface area contributed by atoms with Crippen molar-refractivity contribution in [3.05, 3.63) is 70.9 Å². The first-order chi connectivity index (χ1) is 13.1. The van der Waals surface area contributed by atoms with E-state index in [2.05, 4.69) is 27.5 Å². The molecule has 2 aromatic carbocycles. The number of hydrogen-bond acceptors (Lipinski definition) is 4. The van der Waals surface area contributed by atoms with Crippen LogP contribution in [-0.2, 0) is 13.0 Å². The third kappa shape index (κ3) is 3.12. The summed E-state index contributed by atoms with van der Waals surface area (Å²) in [4.78, 5) is 20.7. The average Bonchev–Trinajstić information content (AvgIpc) is 3.03. The molecule has 1 aliphatic heterocycles. The Morgan fingerprint density at radius 3 is 2.41 bits per heavy atom. The molecule has 136 valence electrons. The standard InChI is InChI=1S/C20H16F2N4O/c1-2-11-6-8-12(9-7-11)24-19-17-15(10-23-20(17)27)25-18(26-19)16-13(21)4-3-5-14(16)22/h3-9H,2,10H2,1H3,(H,23,27)(H,24,25,26). The molecule has 5 nitrogen and oxygen atoms in total. The first-order valence-electron chi connectivity index (χ1n) is 8.56. The third-order valence-electron chi connectivity index (χ3n) is 4.44. The molecule has 1 amide bonds. The maximum atomic E-state index is 14.2. The minimum absolute atomic E-state index is 0.103. The number of nitrogens with one attached hydrogen (secondary N) is 2. The number of hydrogen-bond donors (Lipinski definition) is 2. The van der Waals surface area contributed by atoms with Gasteiger partial charge in [0.2, 0.25) is 0 Å². The second-order valence-corrected chi connectivity index (χ2v) is 6.17. The molecule has 0 saturated carbocycles. The van der Waals surface area contributed by atoms with Gasteiger partial charge in [0, 0.05) is 5.69 Å². The van der Waals surface area contributed by atoms with Gasteiger partial charge < -0.3 is 10.6 Å². The van der Waals surface area contributed by atoms with Crippen molar-refractivity contribution in [1.29, 1.82) is 0 Å². The van der Waals surface area contributed by atoms with E-state index in [0.29, 0.717) is 11.4 Å². The van der Waals surface area contributed by atoms with Gasteiger partial charge in [0.1, 0.15) is 23.0 Å². The fourth-order valence-electron chi connectivity index (χ4n) is 3.00. The van der Waals surface area contributed by atoms with Gasteiger partial charge in [0.15, 0.2) is 5.82 Å². The van der Waals surface area contributed by atoms with Crippen LogP contribution in [0.15, 0.2) is 42.5 Å². The first-order valence-corrected chi connectivity index (χ1v) is 8.56. The number of benzene rings is 2. The lowest BCUT2D eigenvalue weighted by Crippen LogP contribution is -2.14. The molecule has 1 aromatic heterocycles. The normalized spacial score (nSPS) is 12.6. The highest BCUT2D eigenvalue weighted by Crippen LogP contribution is 2.30. The smallest absolute Gasteiger partial charge is 0.257 e. The first kappa shape index (κ1) is 17.1. The van der Waals surface area contributed by atoms with Gasteiger partial charge in [-0.05, 0) is 36.2 Å². The van der Waals surface area contributed by atoms with Gasteiger partial charge >= 0.3 is 0 Å². The van der Waals surface area contributed by atoms with Crippen LogP contribution in [0.4, 0.5) is 20.3 Å². The molecule has 0 fully saturated rings. The predicted octanol–water partition coefficient (Wildman–Crippen LogP) is 3.97. The van der Waals surface area contributed by atoms with E-state index in [1.807, 2.05) is 24.3 Å². The lowest BCUT2D eigenvalue weighted by Gasteiger charge is -2.12. The minimum atomic E-state index is -0.759. The monoisotopic (exact) mass is 366 g/mol. The Morgan fingerprint density at radius 1 is 1.04 bits per heavy atom. The van der Waals surface area contributed by atoms with Crippen molar-refractivity contribution in [3.63, 3.8) is 0 Å². The van der Waals surface area contributed by atoms with Gasteiger partial charge in [-0.25, -0.2) is 18.7 Å². The Labute approximate surface area is 154 Å². The van der Waals surface area contributed by atoms with Crippen molar-refractivity contribution in [1.82, 2.24) is 15.3 Å². The number of nitrogens with zero attached hydrogens (tertiary/aromatic N) is 2. The SMILES string of the molecule is CCc1ccc(Nc2nc(-c3c(F)cccc3F)nc3c2C(=O)NC3)cc1. The van der Waals surface area contributed by atoms with Crippen LogP contribution in [0.25, 0.3) is 11.4 Å². The van der Waals surface area contributed by atoms with Crippen molar-refractivity contribution in [2.24, 2.45) is 0 Å². The summed E-state index contributed by atoms with van der Waals surface area (Å²) in [6.07, 6.45) is 0.905. The van der Waals surface area contributed by atoms with E-state index >= 15 is 0 Å². The zero-order chi connectivity index (χ0) is 19.0. The molecule has 0 atom stereocenters. The van der Waals surface area contributed by atoms with E-state index in [1.165, 1.54) is 11.6 Å². The van der Waals surface area contributed by atoms with Gasteiger partial charge in [0.05, 0.1) is 17.8 Å². The number of anilines is 2. The van der Waals surface area contributed by atoms with Crippen LogP contribution in [0.1, 0.15) is 28.5 Å². The fraction of sp³-hybridized carbons (Fsp3) is 0.150. The summed E-state index contributed by atoms with van der Waals surface area (Å²) < 4.78 is 28.4. The zero-order valence-electron chi connectivity index (χ0n) is 14.5. The Bertz CT molecular complexity index is 1010. The summed E-state index contributed by atoms with van der Waals surface area (Å²) in [5.41, 5.74) is 2.26. The molecule has 7 heteroatoms. The highest BCUT2D eigenvalue weighted by atomic mass is 19.1. The van der Waals surface area contributed by atoms with E-state index < -0.39 is 11.6 Å². The summed E-state index contributed by atoms with van der Waals surface area (Å²) in [6.45, 7) is 2.24. The summed E-state index contributed by atoms with van der Waals surface area (Å²) in [5, 5.41) is 5.75. The number of aromatic nitrogens is 2. The average molecular weight is 366 g/mol. The molecule has 0 unspecified atom stereocenters. The third-order valence-corrected chi connectivity index (χ3v) is 4.44. The van der Waals surface area contributed by atoms with Crippen LogP contribution in [-0.4, -0.2) is 15.9 Å². The van der Waals surface area contributed by atoms with Crippen LogP contribution >= 0.6 is 0 Å². The van der Waals surface area contributed by atoms with Gasteiger partial charge in [-0.15, -0.1) is 0 Å². The van der Waals surface area contributed by atoms with Crippen molar-refractivity contribution in [2.75, 3.05) is 5.32 Å². The van der Waals surface area contributed by atoms with E-state index in [4.69, 9.17) is 0 Å². The lowest BCUT2D eigenvalue weighted by atomic mass is 10.1. The molecule has 1 aliphatic rings. The summed E-state index contributed by atoms with van der Waals surface area (Å²) in [6, 6.07) is 11.2. The molecule has 0 aliphatic carbocycles. The van der Waals surface area contributed by atoms with Crippen molar-refractivity contribution >= 4 is 17.4 Å². The summed E-state index contributed by atoms with van der Waals surface area (Å²) in [7, 11) is 0. The number of amides is 1. The minimum Gasteiger partial charge on any atom is -0.346 e. The van der Waals surface area contributed by atoms with E-state index in [0.717, 1.165) is 18.6 Å². The number of aryl methyl sites for hydroxylation is 1. The molecular weight excluding hydrogens is 350 g/mol. The molecular formula is C20H16F2N4O. The lowest BCUT2D eigenvalue weighted by molar-refractivity contribution is 0.0966. The van der Waals surface area contributed by atoms with Gasteiger partial charge in [-0.2, -0.15) is 0 Å². The number of carbonyl (C=O) groups is 1. The van der Waals surface area contributed by atoms with Gasteiger partial charge in [0.25, 0.3) is 5.91 Å². The van der Waals surface area contributed by atoms with E-state index in [1.54, 1.807) is 0 Å². The Balaban J connectivity index is 1.82. The van der Waals surface area contributed by atoms with Crippen molar-refractivity contribution in [2.45, 2.75) is 19.9 Å². The van der Waals surface area contributed by atoms with Crippen LogP contribution < -0.4 is 10.6 Å². The predicted molar refractivity (Wildman–Crippen MR) is 97.7 cm³/mol. The van der Waals surface area contributed by atoms with Crippen LogP contribution in [0, 0.1) is 11.6 Å². The number of rotatable bonds is 4. The highest BCUT2D eigenvalue weighted by molar-refractivity contribution is 6.03. The molecule has 4 rings (SSSR count). The number of fused-ring (bicyclic) bond motifs is 1. The van der Waals surface area contributed by atoms with Crippen molar-refractivity contribution in [3.8, 4) is 11.4 Å². The Morgan fingerprint density at radius 2 is 1.74 bits per heavy atom. The Hall–Kier alpha value is -3.35. The van der Waals surface area contributed by atoms with Crippen LogP contribution in [0.3, 0.4) is 0 Å². The second kappa shape index (κ2) is 6.75. The largest absolute Gasteiger partial charge is 0.346 e. The number of carbonyl (C=O) groups excluding carboxylic acids is 1. The quantitative estimate of drug-likeness (QED) is 0.733. The van der Waals surface area contributed by atoms with Crippen molar-refractivity contribution < 1.29 is 13.6 Å². The summed E-state index contributed by atoms with van der Waals surface area (Å²) in [5.74, 6) is -1.72. The van der Waals surface area contributed by atoms with Gasteiger partial charge in [-0.3, -0.25) is 4.79 Å². The molecule has 0 spiro atoms. The molecule has 0 radical (unpaired) electrons. The van der Waals surface area contributed by atoms with E-state index in [-0.39, 0.29) is 35.2 Å². The molecule has 2 heterocycles. The van der Waals surface area contributed by atoms with E-state index in [9.17, 15) is 13.6 Å². The maximum Gasteiger partial charge on any atom is 0.257 e. The molecule has 0 bridgehead atoms. The maximum absolute atomic E-state index is 14.2. The summed E-state index contributed by atoms with van der Waals surface area (Å²) >= 11 is 0. The highest BCUT2D eigenvalue weighted by Gasteiger charge is 2.28. The van der Waals surface area contributed by atoms with Gasteiger partial charge in [-0.1, -0.05) is 25.1 Å². The second-order valence-electron chi connectivity index (χ2n) is 6.17. The fourth-order valence-corrected chi connectivity index (χ4v) is 3.00. The molecule has 2 N–H and O–H groups in total. The number of halogens is 2. The molecule has 0 saturated heterocycles.